The third kappa shape index (κ3) is 4.53. The van der Waals surface area contributed by atoms with Gasteiger partial charge in [0.2, 0.25) is 0 Å². The predicted molar refractivity (Wildman–Crippen MR) is 78.9 cm³/mol. The Bertz CT molecular complexity index is 415. The summed E-state index contributed by atoms with van der Waals surface area (Å²) in [5.74, 6) is -0.269. The molecule has 0 amide bonds. The van der Waals surface area contributed by atoms with Crippen molar-refractivity contribution in [3.63, 3.8) is 0 Å². The van der Waals surface area contributed by atoms with Crippen LogP contribution in [0.5, 0.6) is 0 Å². The van der Waals surface area contributed by atoms with Crippen LogP contribution in [-0.2, 0) is 4.79 Å². The molecule has 0 bridgehead atoms. The molecule has 0 heterocycles. The van der Waals surface area contributed by atoms with Crippen LogP contribution in [0.3, 0.4) is 0 Å². The van der Waals surface area contributed by atoms with Crippen LogP contribution < -0.4 is 4.90 Å². The predicted octanol–water partition coefficient (Wildman–Crippen LogP) is 2.52. The number of nitrogens with zero attached hydrogens (tertiary/aromatic N) is 1. The van der Waals surface area contributed by atoms with E-state index in [1.807, 2.05) is 30.3 Å². The van der Waals surface area contributed by atoms with Crippen LogP contribution in [0.1, 0.15) is 32.1 Å². The van der Waals surface area contributed by atoms with E-state index < -0.39 is 12.1 Å². The number of hydrogen-bond donors (Lipinski definition) is 2. The Balaban J connectivity index is 1.94. The number of carboxylic acids is 1. The maximum atomic E-state index is 11.0. The first kappa shape index (κ1) is 14.9. The number of para-hydroxylation sites is 1. The van der Waals surface area contributed by atoms with Crippen molar-refractivity contribution in [1.82, 2.24) is 0 Å². The first-order valence-electron chi connectivity index (χ1n) is 7.35. The van der Waals surface area contributed by atoms with Gasteiger partial charge in [0.1, 0.15) is 6.54 Å². The number of aliphatic hydroxyl groups excluding tert-OH is 1. The lowest BCUT2D eigenvalue weighted by molar-refractivity contribution is -0.135. The summed E-state index contributed by atoms with van der Waals surface area (Å²) in [6, 6.07) is 9.43. The lowest BCUT2D eigenvalue weighted by Crippen LogP contribution is -2.37. The molecule has 0 radical (unpaired) electrons. The molecule has 4 heteroatoms. The Morgan fingerprint density at radius 2 is 1.90 bits per heavy atom. The zero-order chi connectivity index (χ0) is 14.4. The van der Waals surface area contributed by atoms with Gasteiger partial charge < -0.3 is 15.1 Å². The second-order valence-corrected chi connectivity index (χ2v) is 5.65. The minimum absolute atomic E-state index is 0.0776. The third-order valence-electron chi connectivity index (χ3n) is 3.96. The van der Waals surface area contributed by atoms with Crippen molar-refractivity contribution in [2.24, 2.45) is 5.92 Å². The Morgan fingerprint density at radius 3 is 2.50 bits per heavy atom. The fourth-order valence-corrected chi connectivity index (χ4v) is 3.02. The topological polar surface area (TPSA) is 60.8 Å². The number of benzene rings is 1. The van der Waals surface area contributed by atoms with Crippen molar-refractivity contribution in [2.75, 3.05) is 18.0 Å². The van der Waals surface area contributed by atoms with Crippen molar-refractivity contribution in [1.29, 1.82) is 0 Å². The first-order chi connectivity index (χ1) is 9.65. The number of aliphatic hydroxyl groups is 1. The summed E-state index contributed by atoms with van der Waals surface area (Å²) in [4.78, 5) is 12.7. The molecule has 1 unspecified atom stereocenters. The van der Waals surface area contributed by atoms with E-state index in [1.54, 1.807) is 4.90 Å². The molecule has 4 nitrogen and oxygen atoms in total. The lowest BCUT2D eigenvalue weighted by Gasteiger charge is -2.26. The number of aliphatic carboxylic acids is 1. The fourth-order valence-electron chi connectivity index (χ4n) is 3.02. The normalized spacial score (nSPS) is 17.1. The van der Waals surface area contributed by atoms with Gasteiger partial charge in [-0.3, -0.25) is 4.79 Å². The second kappa shape index (κ2) is 7.29. The van der Waals surface area contributed by atoms with E-state index >= 15 is 0 Å². The molecule has 1 atom stereocenters. The molecule has 2 rings (SSSR count). The Kier molecular flexibility index (Phi) is 5.41. The van der Waals surface area contributed by atoms with Gasteiger partial charge in [-0.1, -0.05) is 43.9 Å². The van der Waals surface area contributed by atoms with E-state index in [0.717, 1.165) is 12.1 Å². The van der Waals surface area contributed by atoms with Gasteiger partial charge in [-0.05, 0) is 24.5 Å². The molecule has 1 saturated carbocycles. The summed E-state index contributed by atoms with van der Waals surface area (Å²) in [6.07, 6.45) is 5.23. The van der Waals surface area contributed by atoms with Crippen molar-refractivity contribution in [3.8, 4) is 0 Å². The average Bonchev–Trinajstić information content (AvgIpc) is 2.91. The molecule has 1 aromatic rings. The molecular weight excluding hydrogens is 254 g/mol. The van der Waals surface area contributed by atoms with Gasteiger partial charge in [0.05, 0.1) is 6.10 Å². The minimum atomic E-state index is -0.873. The molecule has 1 aliphatic carbocycles. The van der Waals surface area contributed by atoms with E-state index in [2.05, 4.69) is 0 Å². The number of carbonyl (C=O) groups is 1. The van der Waals surface area contributed by atoms with Gasteiger partial charge in [-0.15, -0.1) is 0 Å². The molecule has 1 aromatic carbocycles. The Hall–Kier alpha value is -1.55. The van der Waals surface area contributed by atoms with Gasteiger partial charge in [-0.25, -0.2) is 0 Å². The first-order valence-corrected chi connectivity index (χ1v) is 7.35. The van der Waals surface area contributed by atoms with Crippen LogP contribution in [-0.4, -0.2) is 35.4 Å². The molecule has 2 N–H and O–H groups in total. The van der Waals surface area contributed by atoms with Gasteiger partial charge in [0, 0.05) is 12.2 Å². The molecule has 1 fully saturated rings. The molecule has 0 aliphatic heterocycles. The molecular formula is C16H23NO3. The van der Waals surface area contributed by atoms with E-state index in [9.17, 15) is 9.90 Å². The van der Waals surface area contributed by atoms with E-state index in [-0.39, 0.29) is 6.54 Å². The highest BCUT2D eigenvalue weighted by Crippen LogP contribution is 2.29. The maximum absolute atomic E-state index is 11.0. The van der Waals surface area contributed by atoms with E-state index in [4.69, 9.17) is 5.11 Å². The standard InChI is InChI=1S/C16H23NO3/c18-15(10-13-6-4-5-7-13)11-17(12-16(19)20)14-8-2-1-3-9-14/h1-3,8-9,13,15,18H,4-7,10-12H2,(H,19,20). The summed E-state index contributed by atoms with van der Waals surface area (Å²) >= 11 is 0. The molecule has 0 saturated heterocycles. The number of hydrogen-bond acceptors (Lipinski definition) is 3. The summed E-state index contributed by atoms with van der Waals surface area (Å²) in [5.41, 5.74) is 0.848. The summed E-state index contributed by atoms with van der Waals surface area (Å²) in [5, 5.41) is 19.2. The van der Waals surface area contributed by atoms with Crippen LogP contribution >= 0.6 is 0 Å². The van der Waals surface area contributed by atoms with Crippen LogP contribution in [0, 0.1) is 5.92 Å². The van der Waals surface area contributed by atoms with Crippen molar-refractivity contribution >= 4 is 11.7 Å². The quantitative estimate of drug-likeness (QED) is 0.804. The number of rotatable bonds is 7. The highest BCUT2D eigenvalue weighted by molar-refractivity contribution is 5.73. The van der Waals surface area contributed by atoms with Crippen LogP contribution in [0.25, 0.3) is 0 Å². The molecule has 110 valence electrons. The van der Waals surface area contributed by atoms with Gasteiger partial charge in [0.15, 0.2) is 0 Å². The third-order valence-corrected chi connectivity index (χ3v) is 3.96. The highest BCUT2D eigenvalue weighted by Gasteiger charge is 2.21. The monoisotopic (exact) mass is 277 g/mol. The summed E-state index contributed by atoms with van der Waals surface area (Å²) in [7, 11) is 0. The van der Waals surface area contributed by atoms with Crippen molar-refractivity contribution in [3.05, 3.63) is 30.3 Å². The molecule has 20 heavy (non-hydrogen) atoms. The van der Waals surface area contributed by atoms with Gasteiger partial charge >= 0.3 is 5.97 Å². The smallest absolute Gasteiger partial charge is 0.323 e. The molecule has 0 spiro atoms. The van der Waals surface area contributed by atoms with Crippen molar-refractivity contribution < 1.29 is 15.0 Å². The van der Waals surface area contributed by atoms with Crippen LogP contribution in [0.4, 0.5) is 5.69 Å². The van der Waals surface area contributed by atoms with Crippen molar-refractivity contribution in [2.45, 2.75) is 38.2 Å². The van der Waals surface area contributed by atoms with E-state index in [0.29, 0.717) is 12.5 Å². The zero-order valence-electron chi connectivity index (χ0n) is 11.7. The van der Waals surface area contributed by atoms with Gasteiger partial charge in [0.25, 0.3) is 0 Å². The fraction of sp³-hybridized carbons (Fsp3) is 0.562. The minimum Gasteiger partial charge on any atom is -0.480 e. The largest absolute Gasteiger partial charge is 0.480 e. The Labute approximate surface area is 120 Å². The summed E-state index contributed by atoms with van der Waals surface area (Å²) in [6.45, 7) is 0.304. The summed E-state index contributed by atoms with van der Waals surface area (Å²) < 4.78 is 0. The zero-order valence-corrected chi connectivity index (χ0v) is 11.7. The van der Waals surface area contributed by atoms with Crippen LogP contribution in [0.15, 0.2) is 30.3 Å². The van der Waals surface area contributed by atoms with Crippen LogP contribution in [0.2, 0.25) is 0 Å². The number of carboxylic acid groups (broad SMARTS) is 1. The Morgan fingerprint density at radius 1 is 1.25 bits per heavy atom. The number of anilines is 1. The highest BCUT2D eigenvalue weighted by atomic mass is 16.4. The average molecular weight is 277 g/mol. The maximum Gasteiger partial charge on any atom is 0.323 e. The molecule has 1 aliphatic rings. The van der Waals surface area contributed by atoms with Gasteiger partial charge in [-0.2, -0.15) is 0 Å². The lowest BCUT2D eigenvalue weighted by atomic mass is 9.99. The SMILES string of the molecule is O=C(O)CN(CC(O)CC1CCCC1)c1ccccc1. The van der Waals surface area contributed by atoms with E-state index in [1.165, 1.54) is 25.7 Å². The second-order valence-electron chi connectivity index (χ2n) is 5.65. The molecule has 0 aromatic heterocycles.